The van der Waals surface area contributed by atoms with Crippen molar-refractivity contribution in [2.45, 2.75) is 58.9 Å². The fourth-order valence-corrected chi connectivity index (χ4v) is 3.02. The number of nitrogens with zero attached hydrogens (tertiary/aromatic N) is 1. The van der Waals surface area contributed by atoms with Crippen molar-refractivity contribution in [2.75, 3.05) is 11.4 Å². The van der Waals surface area contributed by atoms with Crippen molar-refractivity contribution in [1.29, 1.82) is 0 Å². The summed E-state index contributed by atoms with van der Waals surface area (Å²) in [5, 5.41) is 0. The highest BCUT2D eigenvalue weighted by atomic mass is 15.2. The van der Waals surface area contributed by atoms with Crippen molar-refractivity contribution < 1.29 is 0 Å². The van der Waals surface area contributed by atoms with Crippen LogP contribution >= 0.6 is 0 Å². The molecule has 0 aromatic heterocycles. The van der Waals surface area contributed by atoms with E-state index in [4.69, 9.17) is 5.73 Å². The first-order valence-electron chi connectivity index (χ1n) is 7.93. The molecule has 0 bridgehead atoms. The molecule has 0 radical (unpaired) electrons. The van der Waals surface area contributed by atoms with Crippen LogP contribution in [-0.4, -0.2) is 12.6 Å². The molecule has 1 saturated carbocycles. The Kier molecular flexibility index (Phi) is 5.82. The third-order valence-corrected chi connectivity index (χ3v) is 4.11. The molecule has 2 heteroatoms. The molecule has 1 heterocycles. The second-order valence-corrected chi connectivity index (χ2v) is 5.12. The topological polar surface area (TPSA) is 29.3 Å². The molecule has 1 spiro atoms. The van der Waals surface area contributed by atoms with Gasteiger partial charge in [-0.05, 0) is 31.4 Å². The molecule has 0 amide bonds. The smallest absolute Gasteiger partial charge is 0.0446 e. The maximum Gasteiger partial charge on any atom is 0.0446 e. The molecule has 112 valence electrons. The Morgan fingerprint density at radius 2 is 1.80 bits per heavy atom. The van der Waals surface area contributed by atoms with Crippen LogP contribution in [0.25, 0.3) is 0 Å². The monoisotopic (exact) mass is 274 g/mol. The van der Waals surface area contributed by atoms with Gasteiger partial charge in [0.05, 0.1) is 0 Å². The van der Waals surface area contributed by atoms with Crippen molar-refractivity contribution in [3.8, 4) is 0 Å². The van der Waals surface area contributed by atoms with Gasteiger partial charge < -0.3 is 10.6 Å². The number of fused-ring (bicyclic) bond motifs is 2. The van der Waals surface area contributed by atoms with Gasteiger partial charge in [-0.1, -0.05) is 52.5 Å². The minimum absolute atomic E-state index is 0.280. The number of hydrogen-bond acceptors (Lipinski definition) is 2. The third kappa shape index (κ3) is 2.76. The van der Waals surface area contributed by atoms with Gasteiger partial charge in [-0.15, -0.1) is 0 Å². The first kappa shape index (κ1) is 16.8. The van der Waals surface area contributed by atoms with E-state index < -0.39 is 0 Å². The van der Waals surface area contributed by atoms with E-state index in [1.807, 2.05) is 27.7 Å². The summed E-state index contributed by atoms with van der Waals surface area (Å²) >= 11 is 0. The van der Waals surface area contributed by atoms with Crippen LogP contribution in [0, 0.1) is 0 Å². The van der Waals surface area contributed by atoms with Crippen LogP contribution in [0.15, 0.2) is 36.5 Å². The van der Waals surface area contributed by atoms with E-state index in [9.17, 15) is 0 Å². The molecule has 1 aliphatic heterocycles. The lowest BCUT2D eigenvalue weighted by Crippen LogP contribution is -2.35. The van der Waals surface area contributed by atoms with Crippen LogP contribution in [0.1, 0.15) is 53.0 Å². The Hall–Kier alpha value is -1.28. The molecule has 3 rings (SSSR count). The van der Waals surface area contributed by atoms with Crippen LogP contribution in [-0.2, 0) is 5.41 Å². The molecule has 2 N–H and O–H groups in total. The Morgan fingerprint density at radius 1 is 1.25 bits per heavy atom. The molecule has 1 aromatic carbocycles. The minimum Gasteiger partial charge on any atom is -0.346 e. The molecule has 2 nitrogen and oxygen atoms in total. The van der Waals surface area contributed by atoms with Crippen molar-refractivity contribution in [1.82, 2.24) is 0 Å². The molecule has 1 aromatic rings. The third-order valence-electron chi connectivity index (χ3n) is 4.11. The van der Waals surface area contributed by atoms with Gasteiger partial charge in [0.2, 0.25) is 0 Å². The van der Waals surface area contributed by atoms with Crippen molar-refractivity contribution in [3.05, 3.63) is 42.1 Å². The average Bonchev–Trinajstić information content (AvgIpc) is 3.14. The van der Waals surface area contributed by atoms with Gasteiger partial charge in [0.1, 0.15) is 0 Å². The van der Waals surface area contributed by atoms with Gasteiger partial charge >= 0.3 is 0 Å². The van der Waals surface area contributed by atoms with Crippen molar-refractivity contribution >= 4 is 5.69 Å². The standard InChI is InChI=1S/C14H18N2.2C2H6/c1-10(2)16-8-7-14(9-13(14)15)11-5-3-4-6-12(11)16;2*1-2/h3-6,13H,1,7-9,15H2,2H3;2*1-2H3. The number of nitrogens with two attached hydrogens (primary N) is 1. The number of hydrogen-bond donors (Lipinski definition) is 1. The lowest BCUT2D eigenvalue weighted by atomic mass is 9.86. The second kappa shape index (κ2) is 6.94. The molecular weight excluding hydrogens is 244 g/mol. The van der Waals surface area contributed by atoms with Crippen molar-refractivity contribution in [2.24, 2.45) is 5.73 Å². The Balaban J connectivity index is 0.000000461. The van der Waals surface area contributed by atoms with E-state index >= 15 is 0 Å². The zero-order valence-electron chi connectivity index (χ0n) is 13.7. The van der Waals surface area contributed by atoms with Gasteiger partial charge in [-0.25, -0.2) is 0 Å². The van der Waals surface area contributed by atoms with Crippen LogP contribution in [0.5, 0.6) is 0 Å². The zero-order valence-corrected chi connectivity index (χ0v) is 13.7. The van der Waals surface area contributed by atoms with Crippen LogP contribution in [0.4, 0.5) is 5.69 Å². The summed E-state index contributed by atoms with van der Waals surface area (Å²) in [7, 11) is 0. The van der Waals surface area contributed by atoms with E-state index in [1.165, 1.54) is 11.3 Å². The summed E-state index contributed by atoms with van der Waals surface area (Å²) in [6, 6.07) is 9.00. The van der Waals surface area contributed by atoms with E-state index in [1.54, 1.807) is 0 Å². The Morgan fingerprint density at radius 3 is 2.30 bits per heavy atom. The number of benzene rings is 1. The van der Waals surface area contributed by atoms with Gasteiger partial charge in [0.25, 0.3) is 0 Å². The summed E-state index contributed by atoms with van der Waals surface area (Å²) in [5.41, 5.74) is 10.3. The molecular formula is C18H30N2. The first-order chi connectivity index (χ1) is 9.65. The molecule has 1 fully saturated rings. The summed E-state index contributed by atoms with van der Waals surface area (Å²) < 4.78 is 0. The maximum atomic E-state index is 6.13. The largest absolute Gasteiger partial charge is 0.346 e. The Labute approximate surface area is 124 Å². The van der Waals surface area contributed by atoms with E-state index in [2.05, 4.69) is 42.7 Å². The minimum atomic E-state index is 0.280. The molecule has 0 saturated heterocycles. The molecule has 2 unspecified atom stereocenters. The fourth-order valence-electron chi connectivity index (χ4n) is 3.02. The highest BCUT2D eigenvalue weighted by Gasteiger charge is 2.55. The lowest BCUT2D eigenvalue weighted by Gasteiger charge is -2.36. The SMILES string of the molecule is C=C(C)N1CCC2(CC2N)c2ccccc21.CC.CC. The van der Waals surface area contributed by atoms with Gasteiger partial charge in [-0.3, -0.25) is 0 Å². The summed E-state index contributed by atoms with van der Waals surface area (Å²) in [6.07, 6.45) is 2.31. The maximum absolute atomic E-state index is 6.13. The number of para-hydroxylation sites is 1. The second-order valence-electron chi connectivity index (χ2n) is 5.12. The summed E-state index contributed by atoms with van der Waals surface area (Å²) in [4.78, 5) is 2.31. The number of anilines is 1. The summed E-state index contributed by atoms with van der Waals surface area (Å²) in [5.74, 6) is 0. The van der Waals surface area contributed by atoms with E-state index in [0.717, 1.165) is 25.1 Å². The predicted molar refractivity (Wildman–Crippen MR) is 90.2 cm³/mol. The highest BCUT2D eigenvalue weighted by Crippen LogP contribution is 2.55. The quantitative estimate of drug-likeness (QED) is 0.819. The lowest BCUT2D eigenvalue weighted by molar-refractivity contribution is 0.567. The van der Waals surface area contributed by atoms with E-state index in [-0.39, 0.29) is 5.41 Å². The van der Waals surface area contributed by atoms with Crippen LogP contribution in [0.3, 0.4) is 0 Å². The molecule has 2 aliphatic rings. The van der Waals surface area contributed by atoms with Crippen LogP contribution in [0.2, 0.25) is 0 Å². The van der Waals surface area contributed by atoms with Gasteiger partial charge in [0, 0.05) is 29.4 Å². The number of allylic oxidation sites excluding steroid dienone is 1. The number of rotatable bonds is 1. The van der Waals surface area contributed by atoms with Gasteiger partial charge in [0.15, 0.2) is 0 Å². The first-order valence-corrected chi connectivity index (χ1v) is 7.93. The van der Waals surface area contributed by atoms with Crippen LogP contribution < -0.4 is 10.6 Å². The molecule has 2 atom stereocenters. The predicted octanol–water partition coefficient (Wildman–Crippen LogP) is 4.45. The molecule has 1 aliphatic carbocycles. The summed E-state index contributed by atoms with van der Waals surface area (Å²) in [6.45, 7) is 15.2. The van der Waals surface area contributed by atoms with Crippen molar-refractivity contribution in [3.63, 3.8) is 0 Å². The van der Waals surface area contributed by atoms with Gasteiger partial charge in [-0.2, -0.15) is 0 Å². The zero-order chi connectivity index (χ0) is 15.3. The van der Waals surface area contributed by atoms with E-state index in [0.29, 0.717) is 6.04 Å². The normalized spacial score (nSPS) is 25.7. The Bertz CT molecular complexity index is 452. The fraction of sp³-hybridized carbons (Fsp3) is 0.556. The molecule has 20 heavy (non-hydrogen) atoms. The average molecular weight is 274 g/mol. The highest BCUT2D eigenvalue weighted by molar-refractivity contribution is 5.64.